The minimum Gasteiger partial charge on any atom is -0.341 e. The summed E-state index contributed by atoms with van der Waals surface area (Å²) in [6, 6.07) is 4.21. The van der Waals surface area contributed by atoms with Crippen LogP contribution < -0.4 is 5.73 Å². The predicted molar refractivity (Wildman–Crippen MR) is 71.1 cm³/mol. The number of nitrogens with two attached hydrogens (primary N) is 1. The number of amides is 1. The SMILES string of the molecule is CC(C)(CN1CC(CN)CC1=O)c1cccs1. The van der Waals surface area contributed by atoms with Crippen molar-refractivity contribution in [1.29, 1.82) is 0 Å². The summed E-state index contributed by atoms with van der Waals surface area (Å²) in [4.78, 5) is 15.2. The van der Waals surface area contributed by atoms with Gasteiger partial charge in [0, 0.05) is 29.8 Å². The molecule has 0 bridgehead atoms. The van der Waals surface area contributed by atoms with Crippen molar-refractivity contribution < 1.29 is 4.79 Å². The van der Waals surface area contributed by atoms with Gasteiger partial charge in [0.05, 0.1) is 0 Å². The summed E-state index contributed by atoms with van der Waals surface area (Å²) in [6.45, 7) is 6.62. The maximum Gasteiger partial charge on any atom is 0.223 e. The Morgan fingerprint density at radius 3 is 2.88 bits per heavy atom. The lowest BCUT2D eigenvalue weighted by atomic mass is 9.91. The highest BCUT2D eigenvalue weighted by atomic mass is 32.1. The number of hydrogen-bond donors (Lipinski definition) is 1. The molecular formula is C13H20N2OS. The molecule has 2 rings (SSSR count). The smallest absolute Gasteiger partial charge is 0.223 e. The molecule has 1 aliphatic rings. The Hall–Kier alpha value is -0.870. The Bertz CT molecular complexity index is 386. The van der Waals surface area contributed by atoms with Gasteiger partial charge < -0.3 is 10.6 Å². The Labute approximate surface area is 107 Å². The van der Waals surface area contributed by atoms with Crippen molar-refractivity contribution in [3.8, 4) is 0 Å². The third-order valence-electron chi connectivity index (χ3n) is 3.40. The van der Waals surface area contributed by atoms with E-state index in [-0.39, 0.29) is 11.3 Å². The molecule has 0 saturated carbocycles. The van der Waals surface area contributed by atoms with Gasteiger partial charge in [-0.2, -0.15) is 0 Å². The van der Waals surface area contributed by atoms with E-state index in [0.29, 0.717) is 18.9 Å². The molecule has 1 fully saturated rings. The maximum absolute atomic E-state index is 11.9. The Morgan fingerprint density at radius 2 is 2.35 bits per heavy atom. The van der Waals surface area contributed by atoms with Crippen LogP contribution in [0.25, 0.3) is 0 Å². The van der Waals surface area contributed by atoms with Crippen molar-refractivity contribution in [3.63, 3.8) is 0 Å². The molecule has 1 aliphatic heterocycles. The second kappa shape index (κ2) is 4.78. The van der Waals surface area contributed by atoms with Gasteiger partial charge in [-0.25, -0.2) is 0 Å². The van der Waals surface area contributed by atoms with E-state index < -0.39 is 0 Å². The van der Waals surface area contributed by atoms with Gasteiger partial charge in [-0.1, -0.05) is 19.9 Å². The van der Waals surface area contributed by atoms with Crippen molar-refractivity contribution >= 4 is 17.2 Å². The number of carbonyl (C=O) groups is 1. The molecule has 1 aromatic rings. The van der Waals surface area contributed by atoms with E-state index in [1.807, 2.05) is 4.90 Å². The summed E-state index contributed by atoms with van der Waals surface area (Å²) < 4.78 is 0. The number of likely N-dealkylation sites (tertiary alicyclic amines) is 1. The number of thiophene rings is 1. The van der Waals surface area contributed by atoms with Crippen LogP contribution in [0.4, 0.5) is 0 Å². The fourth-order valence-corrected chi connectivity index (χ4v) is 3.23. The minimum absolute atomic E-state index is 0.0350. The molecule has 1 amide bonds. The molecule has 1 saturated heterocycles. The van der Waals surface area contributed by atoms with Crippen LogP contribution in [0.2, 0.25) is 0 Å². The lowest BCUT2D eigenvalue weighted by molar-refractivity contribution is -0.128. The van der Waals surface area contributed by atoms with Gasteiger partial charge >= 0.3 is 0 Å². The number of hydrogen-bond acceptors (Lipinski definition) is 3. The van der Waals surface area contributed by atoms with Gasteiger partial charge in [-0.15, -0.1) is 11.3 Å². The summed E-state index contributed by atoms with van der Waals surface area (Å²) in [5.41, 5.74) is 5.67. The third-order valence-corrected chi connectivity index (χ3v) is 4.64. The van der Waals surface area contributed by atoms with Crippen LogP contribution in [-0.2, 0) is 10.2 Å². The molecular weight excluding hydrogens is 232 g/mol. The fourth-order valence-electron chi connectivity index (χ4n) is 2.38. The van der Waals surface area contributed by atoms with E-state index in [0.717, 1.165) is 13.1 Å². The summed E-state index contributed by atoms with van der Waals surface area (Å²) in [6.07, 6.45) is 0.622. The zero-order valence-corrected chi connectivity index (χ0v) is 11.3. The molecule has 1 atom stereocenters. The summed E-state index contributed by atoms with van der Waals surface area (Å²) in [5, 5.41) is 2.09. The van der Waals surface area contributed by atoms with Crippen molar-refractivity contribution in [2.45, 2.75) is 25.7 Å². The normalized spacial score (nSPS) is 21.2. The minimum atomic E-state index is 0.0350. The van der Waals surface area contributed by atoms with E-state index in [4.69, 9.17) is 5.73 Å². The van der Waals surface area contributed by atoms with Crippen LogP contribution in [0.5, 0.6) is 0 Å². The lowest BCUT2D eigenvalue weighted by Crippen LogP contribution is -2.37. The third kappa shape index (κ3) is 2.69. The Kier molecular flexibility index (Phi) is 3.54. The van der Waals surface area contributed by atoms with Crippen LogP contribution in [0, 0.1) is 5.92 Å². The van der Waals surface area contributed by atoms with Crippen molar-refractivity contribution in [2.24, 2.45) is 11.7 Å². The average molecular weight is 252 g/mol. The summed E-state index contributed by atoms with van der Waals surface area (Å²) in [7, 11) is 0. The van der Waals surface area contributed by atoms with Gasteiger partial charge in [-0.3, -0.25) is 4.79 Å². The van der Waals surface area contributed by atoms with Crippen molar-refractivity contribution in [2.75, 3.05) is 19.6 Å². The van der Waals surface area contributed by atoms with E-state index in [1.54, 1.807) is 11.3 Å². The molecule has 0 aromatic carbocycles. The Balaban J connectivity index is 2.04. The van der Waals surface area contributed by atoms with Crippen LogP contribution in [-0.4, -0.2) is 30.4 Å². The molecule has 0 spiro atoms. The van der Waals surface area contributed by atoms with E-state index >= 15 is 0 Å². The van der Waals surface area contributed by atoms with Gasteiger partial charge in [0.1, 0.15) is 0 Å². The van der Waals surface area contributed by atoms with Crippen molar-refractivity contribution in [1.82, 2.24) is 4.90 Å². The molecule has 0 aliphatic carbocycles. The predicted octanol–water partition coefficient (Wildman–Crippen LogP) is 1.83. The highest BCUT2D eigenvalue weighted by Gasteiger charge is 2.33. The van der Waals surface area contributed by atoms with E-state index in [9.17, 15) is 4.79 Å². The number of nitrogens with zero attached hydrogens (tertiary/aromatic N) is 1. The highest BCUT2D eigenvalue weighted by Crippen LogP contribution is 2.30. The monoisotopic (exact) mass is 252 g/mol. The molecule has 4 heteroatoms. The molecule has 1 unspecified atom stereocenters. The zero-order chi connectivity index (χ0) is 12.5. The molecule has 2 N–H and O–H groups in total. The Morgan fingerprint density at radius 1 is 1.59 bits per heavy atom. The zero-order valence-electron chi connectivity index (χ0n) is 10.5. The largest absolute Gasteiger partial charge is 0.341 e. The number of rotatable bonds is 4. The molecule has 2 heterocycles. The second-order valence-electron chi connectivity index (χ2n) is 5.44. The molecule has 1 aromatic heterocycles. The summed E-state index contributed by atoms with van der Waals surface area (Å²) in [5.74, 6) is 0.603. The van der Waals surface area contributed by atoms with E-state index in [1.165, 1.54) is 4.88 Å². The molecule has 17 heavy (non-hydrogen) atoms. The standard InChI is InChI=1S/C13H20N2OS/c1-13(2,11-4-3-5-17-11)9-15-8-10(7-14)6-12(15)16/h3-5,10H,6-9,14H2,1-2H3. The van der Waals surface area contributed by atoms with Crippen LogP contribution in [0.15, 0.2) is 17.5 Å². The quantitative estimate of drug-likeness (QED) is 0.888. The van der Waals surface area contributed by atoms with Crippen LogP contribution in [0.1, 0.15) is 25.1 Å². The van der Waals surface area contributed by atoms with Gasteiger partial charge in [0.15, 0.2) is 0 Å². The molecule has 94 valence electrons. The lowest BCUT2D eigenvalue weighted by Gasteiger charge is -2.29. The summed E-state index contributed by atoms with van der Waals surface area (Å²) >= 11 is 1.76. The first kappa shape index (κ1) is 12.6. The maximum atomic E-state index is 11.9. The van der Waals surface area contributed by atoms with Crippen LogP contribution >= 0.6 is 11.3 Å². The van der Waals surface area contributed by atoms with Gasteiger partial charge in [0.25, 0.3) is 0 Å². The van der Waals surface area contributed by atoms with Crippen molar-refractivity contribution in [3.05, 3.63) is 22.4 Å². The van der Waals surface area contributed by atoms with Crippen LogP contribution in [0.3, 0.4) is 0 Å². The van der Waals surface area contributed by atoms with Gasteiger partial charge in [0.2, 0.25) is 5.91 Å². The first-order chi connectivity index (χ1) is 8.03. The van der Waals surface area contributed by atoms with Gasteiger partial charge in [-0.05, 0) is 23.9 Å². The second-order valence-corrected chi connectivity index (χ2v) is 6.39. The average Bonchev–Trinajstić information content (AvgIpc) is 2.88. The van der Waals surface area contributed by atoms with E-state index in [2.05, 4.69) is 31.4 Å². The first-order valence-electron chi connectivity index (χ1n) is 6.05. The molecule has 0 radical (unpaired) electrons. The number of carbonyl (C=O) groups excluding carboxylic acids is 1. The topological polar surface area (TPSA) is 46.3 Å². The molecule has 3 nitrogen and oxygen atoms in total. The highest BCUT2D eigenvalue weighted by molar-refractivity contribution is 7.10. The first-order valence-corrected chi connectivity index (χ1v) is 6.93. The fraction of sp³-hybridized carbons (Fsp3) is 0.615.